The summed E-state index contributed by atoms with van der Waals surface area (Å²) in [6, 6.07) is 4.92. The third-order valence-electron chi connectivity index (χ3n) is 3.40. The molecule has 1 aliphatic rings. The number of ether oxygens (including phenoxy) is 1. The molecular weight excluding hydrogens is 372 g/mol. The number of carbonyl (C=O) groups is 1. The van der Waals surface area contributed by atoms with Gasteiger partial charge in [-0.05, 0) is 32.9 Å². The number of amides is 1. The Morgan fingerprint density at radius 2 is 2.09 bits per heavy atom. The first-order valence-electron chi connectivity index (χ1n) is 6.85. The summed E-state index contributed by atoms with van der Waals surface area (Å²) in [5.41, 5.74) is 0.422. The van der Waals surface area contributed by atoms with Gasteiger partial charge in [0.1, 0.15) is 17.0 Å². The number of alkyl halides is 1. The van der Waals surface area contributed by atoms with Crippen LogP contribution in [0.5, 0.6) is 5.75 Å². The van der Waals surface area contributed by atoms with Crippen LogP contribution in [0.25, 0.3) is 0 Å². The van der Waals surface area contributed by atoms with Crippen LogP contribution in [0.1, 0.15) is 20.8 Å². The van der Waals surface area contributed by atoms with Crippen LogP contribution in [0.15, 0.2) is 18.2 Å². The van der Waals surface area contributed by atoms with Gasteiger partial charge in [0, 0.05) is 12.6 Å². The third kappa shape index (κ3) is 3.38. The molecule has 1 aliphatic heterocycles. The summed E-state index contributed by atoms with van der Waals surface area (Å²) in [6.07, 6.45) is 0. The number of halogens is 1. The molecule has 0 spiro atoms. The topological polar surface area (TPSA) is 75.7 Å². The van der Waals surface area contributed by atoms with Crippen molar-refractivity contribution in [1.82, 2.24) is 0 Å². The number of benzene rings is 1. The molecular formula is C14H19BrN2O4S. The highest BCUT2D eigenvalue weighted by atomic mass is 79.9. The smallest absolute Gasteiger partial charge is 0.242 e. The van der Waals surface area contributed by atoms with Gasteiger partial charge in [-0.3, -0.25) is 9.52 Å². The standard InChI is InChI=1S/C14H19BrN2O4S/c1-4-17-11-6-5-10(16-22(19,20)9-15)7-12(11)21-8-14(2,3)13(17)18/h5-7,16H,4,8-9H2,1-3H3. The quantitative estimate of drug-likeness (QED) is 0.801. The summed E-state index contributed by atoms with van der Waals surface area (Å²) in [5, 5.41) is 0. The molecule has 0 atom stereocenters. The monoisotopic (exact) mass is 390 g/mol. The molecule has 0 bridgehead atoms. The molecule has 0 radical (unpaired) electrons. The first kappa shape index (κ1) is 17.1. The largest absolute Gasteiger partial charge is 0.490 e. The zero-order valence-corrected chi connectivity index (χ0v) is 15.1. The van der Waals surface area contributed by atoms with Gasteiger partial charge in [-0.15, -0.1) is 0 Å². The molecule has 6 nitrogen and oxygen atoms in total. The molecule has 8 heteroatoms. The maximum atomic E-state index is 12.5. The Bertz CT molecular complexity index is 688. The summed E-state index contributed by atoms with van der Waals surface area (Å²) in [5.74, 6) is 0.484. The second kappa shape index (κ2) is 6.08. The number of nitrogens with one attached hydrogen (secondary N) is 1. The van der Waals surface area contributed by atoms with E-state index in [4.69, 9.17) is 4.74 Å². The Morgan fingerprint density at radius 1 is 1.41 bits per heavy atom. The van der Waals surface area contributed by atoms with E-state index in [-0.39, 0.29) is 17.2 Å². The van der Waals surface area contributed by atoms with E-state index in [0.29, 0.717) is 23.7 Å². The minimum absolute atomic E-state index is 0.0115. The van der Waals surface area contributed by atoms with Gasteiger partial charge in [-0.1, -0.05) is 15.9 Å². The predicted octanol–water partition coefficient (Wildman–Crippen LogP) is 2.55. The summed E-state index contributed by atoms with van der Waals surface area (Å²) in [4.78, 5) is 14.2. The van der Waals surface area contributed by atoms with Gasteiger partial charge < -0.3 is 9.64 Å². The molecule has 0 aliphatic carbocycles. The summed E-state index contributed by atoms with van der Waals surface area (Å²) in [6.45, 7) is 6.32. The molecule has 1 N–H and O–H groups in total. The molecule has 1 amide bonds. The van der Waals surface area contributed by atoms with Crippen molar-refractivity contribution in [3.05, 3.63) is 18.2 Å². The number of rotatable bonds is 4. The fourth-order valence-electron chi connectivity index (χ4n) is 2.23. The van der Waals surface area contributed by atoms with E-state index >= 15 is 0 Å². The Balaban J connectivity index is 2.42. The number of anilines is 2. The van der Waals surface area contributed by atoms with E-state index in [1.54, 1.807) is 23.1 Å². The highest BCUT2D eigenvalue weighted by molar-refractivity contribution is 9.10. The maximum absolute atomic E-state index is 12.5. The second-order valence-electron chi connectivity index (χ2n) is 5.73. The molecule has 122 valence electrons. The fourth-order valence-corrected chi connectivity index (χ4v) is 3.12. The molecule has 1 aromatic carbocycles. The lowest BCUT2D eigenvalue weighted by molar-refractivity contribution is -0.127. The highest BCUT2D eigenvalue weighted by Gasteiger charge is 2.37. The van der Waals surface area contributed by atoms with Gasteiger partial charge in [0.25, 0.3) is 0 Å². The number of sulfonamides is 1. The van der Waals surface area contributed by atoms with E-state index in [0.717, 1.165) is 0 Å². The van der Waals surface area contributed by atoms with Gasteiger partial charge in [0.05, 0.1) is 16.8 Å². The number of carbonyl (C=O) groups excluding carboxylic acids is 1. The number of hydrogen-bond donors (Lipinski definition) is 1. The van der Waals surface area contributed by atoms with Crippen LogP contribution in [0.2, 0.25) is 0 Å². The fraction of sp³-hybridized carbons (Fsp3) is 0.500. The van der Waals surface area contributed by atoms with Crippen molar-refractivity contribution in [2.45, 2.75) is 20.8 Å². The summed E-state index contributed by atoms with van der Waals surface area (Å²) in [7, 11) is -3.43. The SMILES string of the molecule is CCN1C(=O)C(C)(C)COc2cc(NS(=O)(=O)CBr)ccc21. The Morgan fingerprint density at radius 3 is 2.68 bits per heavy atom. The van der Waals surface area contributed by atoms with Crippen LogP contribution in [-0.2, 0) is 14.8 Å². The summed E-state index contributed by atoms with van der Waals surface area (Å²) < 4.78 is 31.2. The van der Waals surface area contributed by atoms with Gasteiger partial charge in [-0.25, -0.2) is 8.42 Å². The van der Waals surface area contributed by atoms with Crippen LogP contribution in [0.4, 0.5) is 11.4 Å². The van der Waals surface area contributed by atoms with E-state index < -0.39 is 15.4 Å². The molecule has 1 aromatic rings. The van der Waals surface area contributed by atoms with Gasteiger partial charge >= 0.3 is 0 Å². The molecule has 22 heavy (non-hydrogen) atoms. The average Bonchev–Trinajstić information content (AvgIpc) is 2.55. The Hall–Kier alpha value is -1.28. The van der Waals surface area contributed by atoms with E-state index in [1.165, 1.54) is 0 Å². The summed E-state index contributed by atoms with van der Waals surface area (Å²) >= 11 is 2.92. The molecule has 0 fully saturated rings. The first-order valence-corrected chi connectivity index (χ1v) is 9.63. The minimum Gasteiger partial charge on any atom is -0.490 e. The van der Waals surface area contributed by atoms with Crippen molar-refractivity contribution in [3.8, 4) is 5.75 Å². The first-order chi connectivity index (χ1) is 10.2. The van der Waals surface area contributed by atoms with E-state index in [1.807, 2.05) is 20.8 Å². The normalized spacial score (nSPS) is 17.5. The van der Waals surface area contributed by atoms with Gasteiger partial charge in [0.2, 0.25) is 15.9 Å². The third-order valence-corrected chi connectivity index (χ3v) is 6.04. The second-order valence-corrected chi connectivity index (χ2v) is 8.76. The lowest BCUT2D eigenvalue weighted by atomic mass is 9.93. The van der Waals surface area contributed by atoms with Gasteiger partial charge in [0.15, 0.2) is 0 Å². The van der Waals surface area contributed by atoms with Crippen molar-refractivity contribution in [3.63, 3.8) is 0 Å². The average molecular weight is 391 g/mol. The van der Waals surface area contributed by atoms with Crippen LogP contribution < -0.4 is 14.4 Å². The number of nitrogens with zero attached hydrogens (tertiary/aromatic N) is 1. The molecule has 0 saturated heterocycles. The lowest BCUT2D eigenvalue weighted by Crippen LogP contribution is -2.42. The van der Waals surface area contributed by atoms with Crippen molar-refractivity contribution in [1.29, 1.82) is 0 Å². The van der Waals surface area contributed by atoms with Crippen LogP contribution in [0, 0.1) is 5.41 Å². The zero-order chi connectivity index (χ0) is 16.5. The van der Waals surface area contributed by atoms with Crippen molar-refractivity contribution >= 4 is 43.2 Å². The van der Waals surface area contributed by atoms with Gasteiger partial charge in [-0.2, -0.15) is 0 Å². The van der Waals surface area contributed by atoms with Crippen molar-refractivity contribution < 1.29 is 17.9 Å². The predicted molar refractivity (Wildman–Crippen MR) is 90.1 cm³/mol. The maximum Gasteiger partial charge on any atom is 0.242 e. The van der Waals surface area contributed by atoms with Crippen LogP contribution in [-0.4, -0.2) is 32.1 Å². The minimum atomic E-state index is -3.43. The Labute approximate surface area is 139 Å². The van der Waals surface area contributed by atoms with Crippen LogP contribution >= 0.6 is 15.9 Å². The lowest BCUT2D eigenvalue weighted by Gasteiger charge is -2.26. The molecule has 2 rings (SSSR count). The molecule has 1 heterocycles. The molecule has 0 unspecified atom stereocenters. The molecule has 0 saturated carbocycles. The van der Waals surface area contributed by atoms with Crippen molar-refractivity contribution in [2.75, 3.05) is 27.4 Å². The Kier molecular flexibility index (Phi) is 4.72. The van der Waals surface area contributed by atoms with E-state index in [9.17, 15) is 13.2 Å². The van der Waals surface area contributed by atoms with Crippen molar-refractivity contribution in [2.24, 2.45) is 5.41 Å². The molecule has 0 aromatic heterocycles. The zero-order valence-electron chi connectivity index (χ0n) is 12.7. The number of fused-ring (bicyclic) bond motifs is 1. The van der Waals surface area contributed by atoms with Crippen LogP contribution in [0.3, 0.4) is 0 Å². The number of hydrogen-bond acceptors (Lipinski definition) is 4. The highest BCUT2D eigenvalue weighted by Crippen LogP contribution is 2.38. The van der Waals surface area contributed by atoms with E-state index in [2.05, 4.69) is 20.7 Å².